The van der Waals surface area contributed by atoms with Crippen LogP contribution in [0.25, 0.3) is 0 Å². The Morgan fingerprint density at radius 3 is 2.36 bits per heavy atom. The summed E-state index contributed by atoms with van der Waals surface area (Å²) < 4.78 is 0. The molecule has 22 heavy (non-hydrogen) atoms. The molecule has 1 fully saturated rings. The molecule has 5 nitrogen and oxygen atoms in total. The van der Waals surface area contributed by atoms with Gasteiger partial charge in [-0.2, -0.15) is 0 Å². The van der Waals surface area contributed by atoms with Crippen molar-refractivity contribution in [1.82, 2.24) is 10.6 Å². The van der Waals surface area contributed by atoms with Crippen LogP contribution in [-0.4, -0.2) is 30.4 Å². The highest BCUT2D eigenvalue weighted by atomic mass is 35.5. The lowest BCUT2D eigenvalue weighted by Crippen LogP contribution is -2.50. The Balaban J connectivity index is 0.00000242. The Hall–Kier alpha value is -1.30. The SMILES string of the molecule is CC(NC(=O)c1ccc(Cl)cc1)C(=O)NC(CN)C1CC1.Cl. The summed E-state index contributed by atoms with van der Waals surface area (Å²) >= 11 is 5.77. The average molecular weight is 346 g/mol. The number of halogens is 2. The van der Waals surface area contributed by atoms with E-state index in [1.165, 1.54) is 0 Å². The minimum absolute atomic E-state index is 0. The molecule has 7 heteroatoms. The van der Waals surface area contributed by atoms with Gasteiger partial charge in [-0.15, -0.1) is 12.4 Å². The molecule has 122 valence electrons. The van der Waals surface area contributed by atoms with E-state index in [1.54, 1.807) is 31.2 Å². The number of nitrogens with two attached hydrogens (primary N) is 1. The first kappa shape index (κ1) is 18.7. The fourth-order valence-corrected chi connectivity index (χ4v) is 2.25. The van der Waals surface area contributed by atoms with Gasteiger partial charge in [-0.1, -0.05) is 11.6 Å². The van der Waals surface area contributed by atoms with Crippen molar-refractivity contribution in [3.05, 3.63) is 34.9 Å². The highest BCUT2D eigenvalue weighted by Gasteiger charge is 2.32. The summed E-state index contributed by atoms with van der Waals surface area (Å²) in [6, 6.07) is 5.91. The van der Waals surface area contributed by atoms with E-state index in [-0.39, 0.29) is 30.3 Å². The summed E-state index contributed by atoms with van der Waals surface area (Å²) in [4.78, 5) is 24.1. The van der Waals surface area contributed by atoms with Gasteiger partial charge in [0.15, 0.2) is 0 Å². The first-order valence-corrected chi connectivity index (χ1v) is 7.46. The van der Waals surface area contributed by atoms with Gasteiger partial charge in [-0.05, 0) is 49.9 Å². The van der Waals surface area contributed by atoms with E-state index < -0.39 is 6.04 Å². The van der Waals surface area contributed by atoms with Crippen LogP contribution in [0.15, 0.2) is 24.3 Å². The van der Waals surface area contributed by atoms with E-state index >= 15 is 0 Å². The Kier molecular flexibility index (Phi) is 7.13. The second-order valence-electron chi connectivity index (χ2n) is 5.39. The van der Waals surface area contributed by atoms with Crippen molar-refractivity contribution >= 4 is 35.8 Å². The van der Waals surface area contributed by atoms with Crippen molar-refractivity contribution < 1.29 is 9.59 Å². The van der Waals surface area contributed by atoms with Crippen molar-refractivity contribution in [2.45, 2.75) is 31.8 Å². The molecule has 2 atom stereocenters. The highest BCUT2D eigenvalue weighted by Crippen LogP contribution is 2.32. The van der Waals surface area contributed by atoms with E-state index in [9.17, 15) is 9.59 Å². The minimum Gasteiger partial charge on any atom is -0.350 e. The molecule has 1 aromatic carbocycles. The molecular formula is C15H21Cl2N3O2. The lowest BCUT2D eigenvalue weighted by Gasteiger charge is -2.20. The van der Waals surface area contributed by atoms with Crippen molar-refractivity contribution in [3.63, 3.8) is 0 Å². The lowest BCUT2D eigenvalue weighted by molar-refractivity contribution is -0.123. The van der Waals surface area contributed by atoms with E-state index in [4.69, 9.17) is 17.3 Å². The fourth-order valence-electron chi connectivity index (χ4n) is 2.12. The normalized spacial score (nSPS) is 16.1. The molecule has 0 aromatic heterocycles. The number of rotatable bonds is 6. The van der Waals surface area contributed by atoms with Crippen molar-refractivity contribution in [2.24, 2.45) is 11.7 Å². The van der Waals surface area contributed by atoms with E-state index in [0.29, 0.717) is 23.0 Å². The standard InChI is InChI=1S/C15H20ClN3O2.ClH/c1-9(14(20)19-13(8-17)10-2-3-10)18-15(21)11-4-6-12(16)7-5-11;/h4-7,9-10,13H,2-3,8,17H2,1H3,(H,18,21)(H,19,20);1H. The quantitative estimate of drug-likeness (QED) is 0.734. The topological polar surface area (TPSA) is 84.2 Å². The van der Waals surface area contributed by atoms with Crippen molar-refractivity contribution in [3.8, 4) is 0 Å². The summed E-state index contributed by atoms with van der Waals surface area (Å²) in [7, 11) is 0. The van der Waals surface area contributed by atoms with Gasteiger partial charge in [0.05, 0.1) is 0 Å². The van der Waals surface area contributed by atoms with Crippen LogP contribution >= 0.6 is 24.0 Å². The molecule has 1 aliphatic rings. The molecule has 0 heterocycles. The molecule has 1 aromatic rings. The third-order valence-corrected chi connectivity index (χ3v) is 3.87. The largest absolute Gasteiger partial charge is 0.350 e. The summed E-state index contributed by atoms with van der Waals surface area (Å²) in [5.41, 5.74) is 6.12. The molecule has 0 spiro atoms. The monoisotopic (exact) mass is 345 g/mol. The molecule has 0 aliphatic heterocycles. The maximum Gasteiger partial charge on any atom is 0.251 e. The minimum atomic E-state index is -0.610. The van der Waals surface area contributed by atoms with Crippen LogP contribution in [0, 0.1) is 5.92 Å². The van der Waals surface area contributed by atoms with Gasteiger partial charge in [0.1, 0.15) is 6.04 Å². The first-order valence-electron chi connectivity index (χ1n) is 7.08. The molecule has 2 unspecified atom stereocenters. The smallest absolute Gasteiger partial charge is 0.251 e. The molecule has 1 aliphatic carbocycles. The zero-order valence-corrected chi connectivity index (χ0v) is 13.9. The number of benzene rings is 1. The zero-order chi connectivity index (χ0) is 15.4. The van der Waals surface area contributed by atoms with Crippen LogP contribution < -0.4 is 16.4 Å². The Bertz CT molecular complexity index is 518. The van der Waals surface area contributed by atoms with Crippen LogP contribution in [0.1, 0.15) is 30.1 Å². The van der Waals surface area contributed by atoms with Crippen molar-refractivity contribution in [2.75, 3.05) is 6.54 Å². The van der Waals surface area contributed by atoms with Crippen LogP contribution in [0.4, 0.5) is 0 Å². The number of amides is 2. The molecular weight excluding hydrogens is 325 g/mol. The second-order valence-corrected chi connectivity index (χ2v) is 5.83. The van der Waals surface area contributed by atoms with Gasteiger partial charge < -0.3 is 16.4 Å². The van der Waals surface area contributed by atoms with Gasteiger partial charge in [0.25, 0.3) is 5.91 Å². The molecule has 1 saturated carbocycles. The van der Waals surface area contributed by atoms with Gasteiger partial charge in [-0.3, -0.25) is 9.59 Å². The molecule has 2 amide bonds. The molecule has 2 rings (SSSR count). The predicted molar refractivity (Wildman–Crippen MR) is 89.3 cm³/mol. The average Bonchev–Trinajstić information content (AvgIpc) is 3.29. The Morgan fingerprint density at radius 1 is 1.27 bits per heavy atom. The summed E-state index contributed by atoms with van der Waals surface area (Å²) in [5, 5.41) is 6.13. The third kappa shape index (κ3) is 5.16. The summed E-state index contributed by atoms with van der Waals surface area (Å²) in [5.74, 6) is -0.0252. The van der Waals surface area contributed by atoms with Gasteiger partial charge in [0.2, 0.25) is 5.91 Å². The molecule has 0 saturated heterocycles. The molecule has 4 N–H and O–H groups in total. The Labute approximate surface area is 141 Å². The van der Waals surface area contributed by atoms with Gasteiger partial charge in [0, 0.05) is 23.2 Å². The summed E-state index contributed by atoms with van der Waals surface area (Å²) in [6.07, 6.45) is 2.21. The van der Waals surface area contributed by atoms with E-state index in [1.807, 2.05) is 0 Å². The fraction of sp³-hybridized carbons (Fsp3) is 0.467. The van der Waals surface area contributed by atoms with Crippen LogP contribution in [0.3, 0.4) is 0 Å². The maximum absolute atomic E-state index is 12.1. The number of carbonyl (C=O) groups is 2. The summed E-state index contributed by atoms with van der Waals surface area (Å²) in [6.45, 7) is 2.08. The van der Waals surface area contributed by atoms with Crippen LogP contribution in [0.2, 0.25) is 5.02 Å². The first-order chi connectivity index (χ1) is 10.0. The van der Waals surface area contributed by atoms with E-state index in [0.717, 1.165) is 12.8 Å². The predicted octanol–water partition coefficient (Wildman–Crippen LogP) is 1.73. The molecule has 0 radical (unpaired) electrons. The number of carbonyl (C=O) groups excluding carboxylic acids is 2. The van der Waals surface area contributed by atoms with E-state index in [2.05, 4.69) is 10.6 Å². The van der Waals surface area contributed by atoms with Crippen LogP contribution in [-0.2, 0) is 4.79 Å². The zero-order valence-electron chi connectivity index (χ0n) is 12.3. The number of hydrogen-bond acceptors (Lipinski definition) is 3. The third-order valence-electron chi connectivity index (χ3n) is 3.62. The molecule has 0 bridgehead atoms. The highest BCUT2D eigenvalue weighted by molar-refractivity contribution is 6.30. The van der Waals surface area contributed by atoms with Crippen LogP contribution in [0.5, 0.6) is 0 Å². The van der Waals surface area contributed by atoms with Gasteiger partial charge in [-0.25, -0.2) is 0 Å². The number of nitrogens with one attached hydrogen (secondary N) is 2. The van der Waals surface area contributed by atoms with Crippen molar-refractivity contribution in [1.29, 1.82) is 0 Å². The second kappa shape index (κ2) is 8.36. The number of hydrogen-bond donors (Lipinski definition) is 3. The Morgan fingerprint density at radius 2 is 1.86 bits per heavy atom. The van der Waals surface area contributed by atoms with Gasteiger partial charge >= 0.3 is 0 Å². The maximum atomic E-state index is 12.1. The lowest BCUT2D eigenvalue weighted by atomic mass is 10.1.